The quantitative estimate of drug-likeness (QED) is 0.364. The molecule has 1 aliphatic heterocycles. The van der Waals surface area contributed by atoms with Gasteiger partial charge in [0, 0.05) is 30.1 Å². The fourth-order valence-corrected chi connectivity index (χ4v) is 3.68. The van der Waals surface area contributed by atoms with Crippen LogP contribution < -0.4 is 20.7 Å². The predicted molar refractivity (Wildman–Crippen MR) is 102 cm³/mol. The average Bonchev–Trinajstić information content (AvgIpc) is 3.00. The monoisotopic (exact) mass is 398 g/mol. The van der Waals surface area contributed by atoms with Crippen LogP contribution in [0.5, 0.6) is 0 Å². The smallest absolute Gasteiger partial charge is 0.334 e. The SMILES string of the molecule is CC(C)N/C(NC(=O)NS(=O)(=O)/C(C=N)=C1/NCCCO1)=C1/CCCC1=N. The minimum atomic E-state index is -4.30. The molecule has 2 aliphatic rings. The summed E-state index contributed by atoms with van der Waals surface area (Å²) in [7, 11) is -4.30. The Bertz CT molecular complexity index is 777. The number of urea groups is 1. The second-order valence-corrected chi connectivity index (χ2v) is 8.16. The third kappa shape index (κ3) is 5.46. The molecule has 2 amide bonds. The summed E-state index contributed by atoms with van der Waals surface area (Å²) in [6.07, 6.45) is 3.40. The van der Waals surface area contributed by atoms with E-state index >= 15 is 0 Å². The zero-order valence-electron chi connectivity index (χ0n) is 15.4. The molecule has 2 rings (SSSR count). The first-order chi connectivity index (χ1) is 12.7. The van der Waals surface area contributed by atoms with Gasteiger partial charge in [-0.2, -0.15) is 0 Å². The summed E-state index contributed by atoms with van der Waals surface area (Å²) in [5.74, 6) is 0.282. The molecule has 0 spiro atoms. The lowest BCUT2D eigenvalue weighted by atomic mass is 10.2. The van der Waals surface area contributed by atoms with Crippen molar-refractivity contribution in [2.75, 3.05) is 13.2 Å². The Morgan fingerprint density at radius 3 is 2.56 bits per heavy atom. The van der Waals surface area contributed by atoms with Gasteiger partial charge in [-0.15, -0.1) is 0 Å². The number of carbonyl (C=O) groups excluding carboxylic acids is 1. The molecule has 2 fully saturated rings. The summed E-state index contributed by atoms with van der Waals surface area (Å²) in [5, 5.41) is 23.7. The number of hydrogen-bond acceptors (Lipinski definition) is 8. The van der Waals surface area contributed by atoms with Crippen molar-refractivity contribution in [2.45, 2.75) is 45.6 Å². The number of rotatable bonds is 6. The Balaban J connectivity index is 2.18. The van der Waals surface area contributed by atoms with Gasteiger partial charge >= 0.3 is 6.03 Å². The van der Waals surface area contributed by atoms with Gasteiger partial charge in [0.15, 0.2) is 4.91 Å². The number of allylic oxidation sites excluding steroid dienone is 2. The third-order valence-corrected chi connectivity index (χ3v) is 5.25. The lowest BCUT2D eigenvalue weighted by molar-refractivity contribution is 0.157. The van der Waals surface area contributed by atoms with Gasteiger partial charge in [0.05, 0.1) is 6.61 Å². The zero-order valence-corrected chi connectivity index (χ0v) is 16.3. The maximum absolute atomic E-state index is 12.5. The van der Waals surface area contributed by atoms with E-state index in [0.29, 0.717) is 55.7 Å². The van der Waals surface area contributed by atoms with Crippen LogP contribution >= 0.6 is 0 Å². The molecule has 0 atom stereocenters. The number of sulfonamides is 1. The van der Waals surface area contributed by atoms with Gasteiger partial charge in [0.1, 0.15) is 5.82 Å². The van der Waals surface area contributed by atoms with E-state index in [1.165, 1.54) is 0 Å². The van der Waals surface area contributed by atoms with Crippen LogP contribution in [0.4, 0.5) is 4.79 Å². The molecule has 0 radical (unpaired) electrons. The summed E-state index contributed by atoms with van der Waals surface area (Å²) in [5.41, 5.74) is 1.09. The average molecular weight is 398 g/mol. The molecule has 0 bridgehead atoms. The highest BCUT2D eigenvalue weighted by Gasteiger charge is 2.27. The van der Waals surface area contributed by atoms with Crippen molar-refractivity contribution in [1.82, 2.24) is 20.7 Å². The Labute approximate surface area is 158 Å². The van der Waals surface area contributed by atoms with Gasteiger partial charge in [-0.05, 0) is 39.5 Å². The van der Waals surface area contributed by atoms with Crippen LogP contribution in [0.2, 0.25) is 0 Å². The summed E-state index contributed by atoms with van der Waals surface area (Å²) in [6, 6.07) is -0.988. The predicted octanol–water partition coefficient (Wildman–Crippen LogP) is 0.857. The van der Waals surface area contributed by atoms with E-state index in [1.807, 2.05) is 18.6 Å². The lowest BCUT2D eigenvalue weighted by Crippen LogP contribution is -2.45. The van der Waals surface area contributed by atoms with Gasteiger partial charge in [0.2, 0.25) is 5.88 Å². The van der Waals surface area contributed by atoms with Crippen LogP contribution in [0.25, 0.3) is 0 Å². The van der Waals surface area contributed by atoms with Crippen molar-refractivity contribution in [3.63, 3.8) is 0 Å². The fourth-order valence-electron chi connectivity index (χ4n) is 2.75. The molecule has 0 aromatic rings. The fraction of sp³-hybridized carbons (Fsp3) is 0.562. The molecule has 1 heterocycles. The van der Waals surface area contributed by atoms with E-state index in [9.17, 15) is 13.2 Å². The van der Waals surface area contributed by atoms with E-state index in [1.54, 1.807) is 0 Å². The lowest BCUT2D eigenvalue weighted by Gasteiger charge is -2.21. The highest BCUT2D eigenvalue weighted by molar-refractivity contribution is 7.94. The van der Waals surface area contributed by atoms with Crippen molar-refractivity contribution in [3.8, 4) is 0 Å². The number of ether oxygens (including phenoxy) is 1. The first-order valence-corrected chi connectivity index (χ1v) is 10.3. The molecule has 11 heteroatoms. The largest absolute Gasteiger partial charge is 0.478 e. The number of hydrogen-bond donors (Lipinski definition) is 6. The van der Waals surface area contributed by atoms with E-state index in [2.05, 4.69) is 16.0 Å². The number of amides is 2. The maximum atomic E-state index is 12.5. The van der Waals surface area contributed by atoms with E-state index in [0.717, 1.165) is 6.42 Å². The van der Waals surface area contributed by atoms with Gasteiger partial charge in [-0.3, -0.25) is 5.32 Å². The molecule has 1 saturated heterocycles. The molecule has 0 aromatic heterocycles. The maximum Gasteiger partial charge on any atom is 0.334 e. The van der Waals surface area contributed by atoms with Crippen molar-refractivity contribution in [2.24, 2.45) is 0 Å². The van der Waals surface area contributed by atoms with Crippen LogP contribution in [-0.4, -0.2) is 45.6 Å². The molecule has 6 N–H and O–H groups in total. The van der Waals surface area contributed by atoms with E-state index in [-0.39, 0.29) is 11.9 Å². The van der Waals surface area contributed by atoms with Crippen molar-refractivity contribution in [3.05, 3.63) is 22.2 Å². The van der Waals surface area contributed by atoms with Gasteiger partial charge < -0.3 is 26.2 Å². The molecule has 1 saturated carbocycles. The van der Waals surface area contributed by atoms with Crippen molar-refractivity contribution < 1.29 is 17.9 Å². The van der Waals surface area contributed by atoms with Crippen LogP contribution in [-0.2, 0) is 14.8 Å². The highest BCUT2D eigenvalue weighted by atomic mass is 32.2. The normalized spacial score (nSPS) is 21.1. The summed E-state index contributed by atoms with van der Waals surface area (Å²) in [6.45, 7) is 4.60. The topological polar surface area (TPSA) is 156 Å². The molecule has 10 nitrogen and oxygen atoms in total. The number of nitrogens with one attached hydrogen (secondary N) is 6. The first kappa shape index (κ1) is 20.7. The minimum absolute atomic E-state index is 0.0168. The molecule has 1 aliphatic carbocycles. The highest BCUT2D eigenvalue weighted by Crippen LogP contribution is 2.22. The van der Waals surface area contributed by atoms with E-state index in [4.69, 9.17) is 15.6 Å². The molecular formula is C16H26N6O4S. The van der Waals surface area contributed by atoms with Crippen molar-refractivity contribution >= 4 is 28.0 Å². The minimum Gasteiger partial charge on any atom is -0.478 e. The van der Waals surface area contributed by atoms with Gasteiger partial charge in [-0.1, -0.05) is 0 Å². The third-order valence-electron chi connectivity index (χ3n) is 3.92. The Morgan fingerprint density at radius 1 is 1.30 bits per heavy atom. The number of carbonyl (C=O) groups is 1. The summed E-state index contributed by atoms with van der Waals surface area (Å²) in [4.78, 5) is 11.9. The summed E-state index contributed by atoms with van der Waals surface area (Å²) >= 11 is 0. The van der Waals surface area contributed by atoms with Gasteiger partial charge in [-0.25, -0.2) is 17.9 Å². The molecule has 150 valence electrons. The molecule has 27 heavy (non-hydrogen) atoms. The van der Waals surface area contributed by atoms with Crippen LogP contribution in [0.1, 0.15) is 39.5 Å². The Kier molecular flexibility index (Phi) is 6.83. The second-order valence-electron chi connectivity index (χ2n) is 6.51. The zero-order chi connectivity index (χ0) is 20.0. The first-order valence-electron chi connectivity index (χ1n) is 8.77. The molecule has 0 aromatic carbocycles. The molecule has 0 unspecified atom stereocenters. The standard InChI is InChI=1S/C16H26N6O4S/c1-10(2)20-14(11-5-3-6-12(11)18)21-16(23)22-27(24,25)13(9-17)15-19-7-4-8-26-15/h9-10,17-20H,3-8H2,1-2H3,(H2,21,22,23)/b14-11+,15-13-,17-9?,18-12?. The van der Waals surface area contributed by atoms with E-state index < -0.39 is 21.0 Å². The van der Waals surface area contributed by atoms with Crippen LogP contribution in [0.3, 0.4) is 0 Å². The van der Waals surface area contributed by atoms with Crippen molar-refractivity contribution in [1.29, 1.82) is 10.8 Å². The van der Waals surface area contributed by atoms with Gasteiger partial charge in [0.25, 0.3) is 10.0 Å². The molecular weight excluding hydrogens is 372 g/mol. The van der Waals surface area contributed by atoms with Crippen LogP contribution in [0.15, 0.2) is 22.2 Å². The second kappa shape index (κ2) is 8.89. The Morgan fingerprint density at radius 2 is 2.04 bits per heavy atom. The Hall–Kier alpha value is -2.56. The summed E-state index contributed by atoms with van der Waals surface area (Å²) < 4.78 is 32.1. The van der Waals surface area contributed by atoms with Crippen LogP contribution in [0, 0.1) is 10.8 Å².